The summed E-state index contributed by atoms with van der Waals surface area (Å²) in [7, 11) is 1.75. The quantitative estimate of drug-likeness (QED) is 0.267. The van der Waals surface area contributed by atoms with E-state index in [0.29, 0.717) is 24.9 Å². The number of hydrogen-bond acceptors (Lipinski definition) is 3. The van der Waals surface area contributed by atoms with Gasteiger partial charge in [-0.3, -0.25) is 4.99 Å². The molecule has 2 aliphatic rings. The van der Waals surface area contributed by atoms with Gasteiger partial charge in [0.15, 0.2) is 17.6 Å². The average Bonchev–Trinajstić information content (AvgIpc) is 3.22. The SMILES string of the molecule is CN=C(NCCOc1ccc(F)c(F)c1)NC1CCN(C2CCCC2)CC1.I. The molecule has 0 unspecified atom stereocenters. The number of nitrogens with zero attached hydrogens (tertiary/aromatic N) is 2. The Hall–Kier alpha value is -1.16. The van der Waals surface area contributed by atoms with Gasteiger partial charge < -0.3 is 20.3 Å². The van der Waals surface area contributed by atoms with Crippen LogP contribution in [0.25, 0.3) is 0 Å². The number of halogens is 3. The predicted octanol–water partition coefficient (Wildman–Crippen LogP) is 3.53. The minimum atomic E-state index is -0.901. The Morgan fingerprint density at radius 3 is 2.50 bits per heavy atom. The van der Waals surface area contributed by atoms with E-state index in [-0.39, 0.29) is 24.0 Å². The van der Waals surface area contributed by atoms with E-state index in [2.05, 4.69) is 20.5 Å². The van der Waals surface area contributed by atoms with Crippen molar-refractivity contribution in [2.75, 3.05) is 33.3 Å². The Labute approximate surface area is 183 Å². The summed E-state index contributed by atoms with van der Waals surface area (Å²) in [5.74, 6) is -0.702. The van der Waals surface area contributed by atoms with Crippen molar-refractivity contribution in [3.63, 3.8) is 0 Å². The van der Waals surface area contributed by atoms with Crippen LogP contribution in [-0.2, 0) is 0 Å². The summed E-state index contributed by atoms with van der Waals surface area (Å²) in [6.07, 6.45) is 7.74. The van der Waals surface area contributed by atoms with Crippen molar-refractivity contribution in [3.05, 3.63) is 29.8 Å². The number of piperidine rings is 1. The minimum absolute atomic E-state index is 0. The summed E-state index contributed by atoms with van der Waals surface area (Å²) >= 11 is 0. The molecule has 1 saturated heterocycles. The van der Waals surface area contributed by atoms with Gasteiger partial charge in [-0.2, -0.15) is 0 Å². The minimum Gasteiger partial charge on any atom is -0.492 e. The summed E-state index contributed by atoms with van der Waals surface area (Å²) in [5, 5.41) is 6.69. The van der Waals surface area contributed by atoms with Crippen molar-refractivity contribution in [1.82, 2.24) is 15.5 Å². The molecule has 0 amide bonds. The van der Waals surface area contributed by atoms with Gasteiger partial charge in [-0.15, -0.1) is 24.0 Å². The Morgan fingerprint density at radius 2 is 1.86 bits per heavy atom. The number of benzene rings is 1. The van der Waals surface area contributed by atoms with E-state index < -0.39 is 11.6 Å². The maximum atomic E-state index is 13.2. The van der Waals surface area contributed by atoms with Crippen LogP contribution in [0.15, 0.2) is 23.2 Å². The highest BCUT2D eigenvalue weighted by atomic mass is 127. The fourth-order valence-electron chi connectivity index (χ4n) is 3.97. The van der Waals surface area contributed by atoms with Crippen molar-refractivity contribution in [3.8, 4) is 5.75 Å². The first kappa shape index (κ1) is 23.1. The standard InChI is InChI=1S/C20H30F2N4O.HI/c1-23-20(24-10-13-27-17-6-7-18(21)19(22)14-17)25-15-8-11-26(12-9-15)16-4-2-3-5-16;/h6-7,14-16H,2-5,8-13H2,1H3,(H2,23,24,25);1H. The van der Waals surface area contributed by atoms with Crippen LogP contribution in [0.2, 0.25) is 0 Å². The summed E-state index contributed by atoms with van der Waals surface area (Å²) in [4.78, 5) is 6.91. The second-order valence-electron chi connectivity index (χ2n) is 7.32. The first-order valence-corrected chi connectivity index (χ1v) is 9.95. The molecule has 0 atom stereocenters. The third kappa shape index (κ3) is 6.72. The van der Waals surface area contributed by atoms with Crippen LogP contribution in [0, 0.1) is 11.6 Å². The summed E-state index contributed by atoms with van der Waals surface area (Å²) in [6, 6.07) is 4.78. The van der Waals surface area contributed by atoms with Gasteiger partial charge in [0, 0.05) is 38.3 Å². The molecule has 5 nitrogen and oxygen atoms in total. The fourth-order valence-corrected chi connectivity index (χ4v) is 3.97. The van der Waals surface area contributed by atoms with Crippen molar-refractivity contribution in [2.45, 2.75) is 50.6 Å². The zero-order chi connectivity index (χ0) is 19.1. The molecule has 28 heavy (non-hydrogen) atoms. The van der Waals surface area contributed by atoms with Crippen LogP contribution in [0.3, 0.4) is 0 Å². The molecule has 0 bridgehead atoms. The molecule has 2 N–H and O–H groups in total. The van der Waals surface area contributed by atoms with E-state index in [1.807, 2.05) is 0 Å². The first-order valence-electron chi connectivity index (χ1n) is 9.95. The van der Waals surface area contributed by atoms with Gasteiger partial charge in [0.2, 0.25) is 0 Å². The maximum absolute atomic E-state index is 13.2. The summed E-state index contributed by atoms with van der Waals surface area (Å²) in [5.41, 5.74) is 0. The van der Waals surface area contributed by atoms with Gasteiger partial charge in [-0.05, 0) is 37.8 Å². The van der Waals surface area contributed by atoms with Crippen LogP contribution in [0.5, 0.6) is 5.75 Å². The number of aliphatic imine (C=N–C) groups is 1. The van der Waals surface area contributed by atoms with E-state index in [4.69, 9.17) is 4.74 Å². The molecule has 1 saturated carbocycles. The molecule has 158 valence electrons. The van der Waals surface area contributed by atoms with Gasteiger partial charge in [0.1, 0.15) is 12.4 Å². The van der Waals surface area contributed by atoms with Crippen LogP contribution in [0.4, 0.5) is 8.78 Å². The molecular weight excluding hydrogens is 477 g/mol. The van der Waals surface area contributed by atoms with Crippen molar-refractivity contribution < 1.29 is 13.5 Å². The van der Waals surface area contributed by atoms with Crippen molar-refractivity contribution in [2.24, 2.45) is 4.99 Å². The van der Waals surface area contributed by atoms with Gasteiger partial charge in [0.25, 0.3) is 0 Å². The number of hydrogen-bond donors (Lipinski definition) is 2. The Balaban J connectivity index is 0.00000280. The summed E-state index contributed by atoms with van der Waals surface area (Å²) < 4.78 is 31.5. The zero-order valence-corrected chi connectivity index (χ0v) is 18.8. The lowest BCUT2D eigenvalue weighted by Gasteiger charge is -2.36. The van der Waals surface area contributed by atoms with Gasteiger partial charge >= 0.3 is 0 Å². The molecule has 2 fully saturated rings. The van der Waals surface area contributed by atoms with E-state index >= 15 is 0 Å². The lowest BCUT2D eigenvalue weighted by Crippen LogP contribution is -2.50. The lowest BCUT2D eigenvalue weighted by atomic mass is 10.0. The highest BCUT2D eigenvalue weighted by Gasteiger charge is 2.27. The van der Waals surface area contributed by atoms with Crippen LogP contribution in [0.1, 0.15) is 38.5 Å². The summed E-state index contributed by atoms with van der Waals surface area (Å²) in [6.45, 7) is 3.17. The first-order chi connectivity index (χ1) is 13.2. The second-order valence-corrected chi connectivity index (χ2v) is 7.32. The molecule has 0 radical (unpaired) electrons. The third-order valence-corrected chi connectivity index (χ3v) is 5.49. The van der Waals surface area contributed by atoms with Crippen LogP contribution >= 0.6 is 24.0 Å². The molecule has 0 aromatic heterocycles. The Kier molecular flexibility index (Phi) is 9.70. The maximum Gasteiger partial charge on any atom is 0.191 e. The number of guanidine groups is 1. The Morgan fingerprint density at radius 1 is 1.14 bits per heavy atom. The monoisotopic (exact) mass is 508 g/mol. The molecule has 3 rings (SSSR count). The normalized spacial score (nSPS) is 19.3. The van der Waals surface area contributed by atoms with Crippen LogP contribution < -0.4 is 15.4 Å². The highest BCUT2D eigenvalue weighted by Crippen LogP contribution is 2.26. The fraction of sp³-hybridized carbons (Fsp3) is 0.650. The highest BCUT2D eigenvalue weighted by molar-refractivity contribution is 14.0. The van der Waals surface area contributed by atoms with Gasteiger partial charge in [-0.25, -0.2) is 8.78 Å². The van der Waals surface area contributed by atoms with E-state index in [0.717, 1.165) is 50.1 Å². The van der Waals surface area contributed by atoms with Crippen LogP contribution in [-0.4, -0.2) is 56.2 Å². The van der Waals surface area contributed by atoms with E-state index in [1.54, 1.807) is 7.05 Å². The molecule has 1 aromatic rings. The molecule has 1 heterocycles. The number of rotatable bonds is 6. The van der Waals surface area contributed by atoms with E-state index in [1.165, 1.54) is 31.7 Å². The third-order valence-electron chi connectivity index (χ3n) is 5.49. The van der Waals surface area contributed by atoms with Gasteiger partial charge in [0.05, 0.1) is 6.54 Å². The molecule has 1 aliphatic heterocycles. The van der Waals surface area contributed by atoms with Crippen molar-refractivity contribution in [1.29, 1.82) is 0 Å². The number of ether oxygens (including phenoxy) is 1. The average molecular weight is 508 g/mol. The smallest absolute Gasteiger partial charge is 0.191 e. The Bertz CT molecular complexity index is 633. The molecule has 1 aromatic carbocycles. The molecule has 1 aliphatic carbocycles. The zero-order valence-electron chi connectivity index (χ0n) is 16.4. The number of likely N-dealkylation sites (tertiary alicyclic amines) is 1. The largest absolute Gasteiger partial charge is 0.492 e. The molecule has 8 heteroatoms. The predicted molar refractivity (Wildman–Crippen MR) is 119 cm³/mol. The van der Waals surface area contributed by atoms with E-state index in [9.17, 15) is 8.78 Å². The van der Waals surface area contributed by atoms with Crippen molar-refractivity contribution >= 4 is 29.9 Å². The van der Waals surface area contributed by atoms with Gasteiger partial charge in [-0.1, -0.05) is 12.8 Å². The molecule has 0 spiro atoms. The lowest BCUT2D eigenvalue weighted by molar-refractivity contribution is 0.150. The number of nitrogens with one attached hydrogen (secondary N) is 2. The molecular formula is C20H31F2IN4O. The topological polar surface area (TPSA) is 48.9 Å². The second kappa shape index (κ2) is 11.7.